The lowest BCUT2D eigenvalue weighted by Crippen LogP contribution is -2.34. The molecular weight excluding hydrogens is 328 g/mol. The summed E-state index contributed by atoms with van der Waals surface area (Å²) in [6.45, 7) is 3.74. The van der Waals surface area contributed by atoms with E-state index in [1.54, 1.807) is 13.2 Å². The zero-order chi connectivity index (χ0) is 17.9. The zero-order valence-corrected chi connectivity index (χ0v) is 15.0. The van der Waals surface area contributed by atoms with E-state index in [0.717, 1.165) is 57.1 Å². The molecule has 7 nitrogen and oxygen atoms in total. The molecule has 26 heavy (non-hydrogen) atoms. The van der Waals surface area contributed by atoms with Gasteiger partial charge in [-0.05, 0) is 25.0 Å². The van der Waals surface area contributed by atoms with Crippen LogP contribution in [0.1, 0.15) is 46.2 Å². The van der Waals surface area contributed by atoms with E-state index >= 15 is 0 Å². The highest BCUT2D eigenvalue weighted by Crippen LogP contribution is 2.28. The number of fused-ring (bicyclic) bond motifs is 1. The van der Waals surface area contributed by atoms with Crippen LogP contribution in [0.5, 0.6) is 0 Å². The molecule has 0 aliphatic carbocycles. The van der Waals surface area contributed by atoms with Gasteiger partial charge in [0.15, 0.2) is 0 Å². The third-order valence-electron chi connectivity index (χ3n) is 5.25. The van der Waals surface area contributed by atoms with Crippen LogP contribution in [0, 0.1) is 0 Å². The molecule has 2 aromatic heterocycles. The molecule has 0 spiro atoms. The van der Waals surface area contributed by atoms with Crippen molar-refractivity contribution in [2.75, 3.05) is 31.6 Å². The summed E-state index contributed by atoms with van der Waals surface area (Å²) in [5, 5.41) is 5.98. The Hall–Kier alpha value is -2.54. The molecule has 2 aromatic rings. The largest absolute Gasteiger partial charge is 0.357 e. The minimum absolute atomic E-state index is 0.109. The van der Waals surface area contributed by atoms with Gasteiger partial charge in [0.1, 0.15) is 11.6 Å². The topological polar surface area (TPSA) is 83.0 Å². The maximum absolute atomic E-state index is 11.6. The average molecular weight is 352 g/mol. The van der Waals surface area contributed by atoms with Crippen LogP contribution in [0.4, 0.5) is 5.82 Å². The Labute approximate surface area is 153 Å². The molecule has 1 fully saturated rings. The van der Waals surface area contributed by atoms with Gasteiger partial charge >= 0.3 is 0 Å². The van der Waals surface area contributed by atoms with Gasteiger partial charge in [0.05, 0.1) is 5.56 Å². The van der Waals surface area contributed by atoms with Crippen LogP contribution in [0.25, 0.3) is 0 Å². The summed E-state index contributed by atoms with van der Waals surface area (Å²) in [4.78, 5) is 27.8. The van der Waals surface area contributed by atoms with Crippen LogP contribution >= 0.6 is 0 Å². The fraction of sp³-hybridized carbons (Fsp3) is 0.474. The second-order valence-corrected chi connectivity index (χ2v) is 6.87. The molecule has 136 valence electrons. The lowest BCUT2D eigenvalue weighted by atomic mass is 9.95. The maximum Gasteiger partial charge on any atom is 0.252 e. The Morgan fingerprint density at radius 2 is 2.08 bits per heavy atom. The molecule has 2 aliphatic rings. The lowest BCUT2D eigenvalue weighted by Gasteiger charge is -2.32. The first-order valence-electron chi connectivity index (χ1n) is 9.23. The monoisotopic (exact) mass is 352 g/mol. The van der Waals surface area contributed by atoms with E-state index in [0.29, 0.717) is 11.5 Å². The highest BCUT2D eigenvalue weighted by atomic mass is 16.1. The number of anilines is 1. The quantitative estimate of drug-likeness (QED) is 0.865. The van der Waals surface area contributed by atoms with Gasteiger partial charge in [0.25, 0.3) is 5.91 Å². The van der Waals surface area contributed by atoms with Crippen molar-refractivity contribution >= 4 is 11.7 Å². The van der Waals surface area contributed by atoms with E-state index in [1.807, 2.05) is 18.3 Å². The molecule has 4 heterocycles. The van der Waals surface area contributed by atoms with Gasteiger partial charge in [-0.2, -0.15) is 0 Å². The number of nitrogens with zero attached hydrogens (tertiary/aromatic N) is 4. The molecule has 0 radical (unpaired) electrons. The third kappa shape index (κ3) is 3.39. The third-order valence-corrected chi connectivity index (χ3v) is 5.25. The van der Waals surface area contributed by atoms with Crippen LogP contribution in [0.3, 0.4) is 0 Å². The minimum atomic E-state index is -0.109. The first kappa shape index (κ1) is 16.9. The highest BCUT2D eigenvalue weighted by Gasteiger charge is 2.24. The van der Waals surface area contributed by atoms with Gasteiger partial charge in [-0.3, -0.25) is 4.79 Å². The first-order valence-corrected chi connectivity index (χ1v) is 9.23. The van der Waals surface area contributed by atoms with Crippen molar-refractivity contribution in [3.63, 3.8) is 0 Å². The van der Waals surface area contributed by atoms with Crippen molar-refractivity contribution in [1.29, 1.82) is 0 Å². The summed E-state index contributed by atoms with van der Waals surface area (Å²) in [5.41, 5.74) is 3.03. The number of carbonyl (C=O) groups excluding carboxylic acids is 1. The Morgan fingerprint density at radius 3 is 2.81 bits per heavy atom. The molecular formula is C19H24N6O. The van der Waals surface area contributed by atoms with E-state index in [9.17, 15) is 4.79 Å². The van der Waals surface area contributed by atoms with Crippen LogP contribution in [-0.2, 0) is 13.0 Å². The number of aromatic nitrogens is 3. The van der Waals surface area contributed by atoms with E-state index in [-0.39, 0.29) is 5.91 Å². The maximum atomic E-state index is 11.6. The smallest absolute Gasteiger partial charge is 0.252 e. The average Bonchev–Trinajstić information content (AvgIpc) is 2.73. The van der Waals surface area contributed by atoms with Gasteiger partial charge in [-0.15, -0.1) is 0 Å². The first-order chi connectivity index (χ1) is 12.7. The molecule has 0 unspecified atom stereocenters. The van der Waals surface area contributed by atoms with Crippen molar-refractivity contribution in [3.05, 3.63) is 47.2 Å². The Balaban J connectivity index is 1.40. The van der Waals surface area contributed by atoms with Crippen LogP contribution < -0.4 is 15.5 Å². The fourth-order valence-corrected chi connectivity index (χ4v) is 3.67. The summed E-state index contributed by atoms with van der Waals surface area (Å²) in [6, 6.07) is 3.75. The number of carbonyl (C=O) groups is 1. The molecule has 1 saturated heterocycles. The fourth-order valence-electron chi connectivity index (χ4n) is 3.67. The van der Waals surface area contributed by atoms with Crippen LogP contribution in [0.2, 0.25) is 0 Å². The van der Waals surface area contributed by atoms with Gasteiger partial charge in [-0.1, -0.05) is 0 Å². The molecule has 0 bridgehead atoms. The van der Waals surface area contributed by atoms with Crippen molar-refractivity contribution < 1.29 is 4.79 Å². The van der Waals surface area contributed by atoms with Crippen LogP contribution in [-0.4, -0.2) is 47.5 Å². The van der Waals surface area contributed by atoms with Crippen molar-refractivity contribution in [3.8, 4) is 0 Å². The molecule has 2 N–H and O–H groups in total. The molecule has 0 saturated carbocycles. The number of piperidine rings is 1. The SMILES string of the molecule is CNC(=O)c1ccc(N2CCC(c3ncc4c(n3)CCNC4)CC2)nc1. The second kappa shape index (κ2) is 7.37. The van der Waals surface area contributed by atoms with Crippen LogP contribution in [0.15, 0.2) is 24.5 Å². The van der Waals surface area contributed by atoms with Crippen molar-refractivity contribution in [1.82, 2.24) is 25.6 Å². The number of hydrogen-bond acceptors (Lipinski definition) is 6. The Morgan fingerprint density at radius 1 is 1.23 bits per heavy atom. The van der Waals surface area contributed by atoms with E-state index < -0.39 is 0 Å². The Bertz CT molecular complexity index is 783. The summed E-state index contributed by atoms with van der Waals surface area (Å²) in [7, 11) is 1.63. The van der Waals surface area contributed by atoms with Gasteiger partial charge in [0.2, 0.25) is 0 Å². The summed E-state index contributed by atoms with van der Waals surface area (Å²) in [6.07, 6.45) is 6.67. The van der Waals surface area contributed by atoms with E-state index in [4.69, 9.17) is 4.98 Å². The predicted octanol–water partition coefficient (Wildman–Crippen LogP) is 1.26. The number of rotatable bonds is 3. The summed E-state index contributed by atoms with van der Waals surface area (Å²) in [5.74, 6) is 2.22. The zero-order valence-electron chi connectivity index (χ0n) is 15.0. The van der Waals surface area contributed by atoms with E-state index in [1.165, 1.54) is 11.3 Å². The molecule has 0 atom stereocenters. The molecule has 4 rings (SSSR count). The lowest BCUT2D eigenvalue weighted by molar-refractivity contribution is 0.0963. The number of pyridine rings is 1. The predicted molar refractivity (Wildman–Crippen MR) is 99.3 cm³/mol. The molecule has 7 heteroatoms. The number of amides is 1. The number of nitrogens with one attached hydrogen (secondary N) is 2. The Kier molecular flexibility index (Phi) is 4.79. The second-order valence-electron chi connectivity index (χ2n) is 6.87. The molecule has 1 amide bonds. The van der Waals surface area contributed by atoms with Gasteiger partial charge in [-0.25, -0.2) is 15.0 Å². The molecule has 2 aliphatic heterocycles. The summed E-state index contributed by atoms with van der Waals surface area (Å²) >= 11 is 0. The van der Waals surface area contributed by atoms with E-state index in [2.05, 4.69) is 25.5 Å². The van der Waals surface area contributed by atoms with Gasteiger partial charge in [0, 0.05) is 69.2 Å². The summed E-state index contributed by atoms with van der Waals surface area (Å²) < 4.78 is 0. The van der Waals surface area contributed by atoms with Crippen molar-refractivity contribution in [2.45, 2.75) is 31.7 Å². The minimum Gasteiger partial charge on any atom is -0.357 e. The van der Waals surface area contributed by atoms with Crippen molar-refractivity contribution in [2.24, 2.45) is 0 Å². The highest BCUT2D eigenvalue weighted by molar-refractivity contribution is 5.93. The van der Waals surface area contributed by atoms with Gasteiger partial charge < -0.3 is 15.5 Å². The normalized spacial score (nSPS) is 17.7. The molecule has 0 aromatic carbocycles. The number of hydrogen-bond donors (Lipinski definition) is 2. The standard InChI is InChI=1S/C19H24N6O/c1-20-19(26)14-2-3-17(22-11-14)25-8-5-13(6-9-25)18-23-12-15-10-21-7-4-16(15)24-18/h2-3,11-13,21H,4-10H2,1H3,(H,20,26).